The van der Waals surface area contributed by atoms with E-state index in [1.54, 1.807) is 6.92 Å². The number of β-lactam (4-membered cyclic amide) rings is 1. The maximum Gasteiger partial charge on any atom is 0.352 e. The number of amides is 2. The molecular weight excluding hydrogens is 498 g/mol. The largest absolute Gasteiger partial charge is 0.478 e. The van der Waals surface area contributed by atoms with E-state index in [2.05, 4.69) is 15.5 Å². The third kappa shape index (κ3) is 4.63. The molecule has 0 spiro atoms. The number of hydrogen-bond acceptors (Lipinski definition) is 10. The Morgan fingerprint density at radius 3 is 2.58 bits per heavy atom. The molecule has 0 saturated carbocycles. The lowest BCUT2D eigenvalue weighted by Crippen LogP contribution is -2.71. The molecule has 12 nitrogen and oxygen atoms in total. The van der Waals surface area contributed by atoms with Gasteiger partial charge in [0.25, 0.3) is 11.8 Å². The molecule has 15 heteroatoms. The quantitative estimate of drug-likeness (QED) is 0.221. The second kappa shape index (κ2) is 9.19. The fourth-order valence-corrected chi connectivity index (χ4v) is 5.39. The number of nitrogens with two attached hydrogens (primary N) is 1. The van der Waals surface area contributed by atoms with E-state index in [1.807, 2.05) is 0 Å². The van der Waals surface area contributed by atoms with E-state index >= 15 is 0 Å². The third-order valence-corrected chi connectivity index (χ3v) is 7.31. The number of carbonyl (C=O) groups is 4. The van der Waals surface area contributed by atoms with Crippen LogP contribution in [-0.4, -0.2) is 72.3 Å². The highest BCUT2D eigenvalue weighted by atomic mass is 35.5. The van der Waals surface area contributed by atoms with Crippen LogP contribution < -0.4 is 11.1 Å². The summed E-state index contributed by atoms with van der Waals surface area (Å²) in [5.41, 5.74) is 3.79. The minimum Gasteiger partial charge on any atom is -0.478 e. The van der Waals surface area contributed by atoms with Crippen LogP contribution in [0.25, 0.3) is 0 Å². The highest BCUT2D eigenvalue weighted by Gasteiger charge is 2.54. The van der Waals surface area contributed by atoms with Gasteiger partial charge < -0.3 is 26.1 Å². The molecule has 0 bridgehead atoms. The second-order valence-electron chi connectivity index (χ2n) is 7.49. The molecule has 2 atom stereocenters. The van der Waals surface area contributed by atoms with Crippen molar-refractivity contribution in [2.45, 2.75) is 44.2 Å². The standard InChI is InChI=1S/C18H20ClN5O7S2/c1-4-6-5-32-14-9(13(26)24(14)10(6)15(27)28)21-12(25)8(7-11(19)33-17(20)22-7)23-31-18(2,3)16(29)30/h9,14H,4-5H2,1-3H3,(H2,20,22)(H,21,25)(H,27,28)(H,29,30)/b23-8-/t9-,14?/m1/s1. The van der Waals surface area contributed by atoms with Gasteiger partial charge in [-0.25, -0.2) is 14.6 Å². The summed E-state index contributed by atoms with van der Waals surface area (Å²) in [5, 5.41) is 24.3. The lowest BCUT2D eigenvalue weighted by atomic mass is 10.0. The molecule has 2 aliphatic heterocycles. The van der Waals surface area contributed by atoms with Gasteiger partial charge in [-0.1, -0.05) is 35.0 Å². The van der Waals surface area contributed by atoms with Crippen LogP contribution >= 0.6 is 34.7 Å². The molecule has 178 valence electrons. The number of oxime groups is 1. The number of carboxylic acids is 2. The predicted molar refractivity (Wildman–Crippen MR) is 121 cm³/mol. The molecule has 5 N–H and O–H groups in total. The number of thiazole rings is 1. The van der Waals surface area contributed by atoms with Crippen molar-refractivity contribution in [2.75, 3.05) is 11.5 Å². The summed E-state index contributed by atoms with van der Waals surface area (Å²) in [6.45, 7) is 4.25. The summed E-state index contributed by atoms with van der Waals surface area (Å²) >= 11 is 8.28. The van der Waals surface area contributed by atoms with Gasteiger partial charge in [0, 0.05) is 5.75 Å². The Morgan fingerprint density at radius 2 is 2.06 bits per heavy atom. The lowest BCUT2D eigenvalue weighted by Gasteiger charge is -2.49. The van der Waals surface area contributed by atoms with Gasteiger partial charge in [0.15, 0.2) is 10.8 Å². The van der Waals surface area contributed by atoms with Gasteiger partial charge in [0.05, 0.1) is 0 Å². The van der Waals surface area contributed by atoms with Gasteiger partial charge >= 0.3 is 11.9 Å². The van der Waals surface area contributed by atoms with E-state index in [9.17, 15) is 29.4 Å². The zero-order valence-corrected chi connectivity index (χ0v) is 20.0. The maximum atomic E-state index is 13.0. The highest BCUT2D eigenvalue weighted by Crippen LogP contribution is 2.41. The third-order valence-electron chi connectivity index (χ3n) is 4.89. The number of thioether (sulfide) groups is 1. The number of hydrogen-bond donors (Lipinski definition) is 4. The first-order chi connectivity index (χ1) is 15.4. The van der Waals surface area contributed by atoms with Gasteiger partial charge in [0.1, 0.15) is 27.1 Å². The van der Waals surface area contributed by atoms with Crippen molar-refractivity contribution >= 4 is 69.3 Å². The number of aliphatic carboxylic acids is 2. The average molecular weight is 518 g/mol. The number of carbonyl (C=O) groups excluding carboxylic acids is 2. The molecule has 0 aromatic carbocycles. The molecule has 1 saturated heterocycles. The first-order valence-electron chi connectivity index (χ1n) is 9.51. The smallest absolute Gasteiger partial charge is 0.352 e. The number of aromatic nitrogens is 1. The van der Waals surface area contributed by atoms with Gasteiger partial charge in [-0.3, -0.25) is 14.5 Å². The molecule has 1 fully saturated rings. The number of fused-ring (bicyclic) bond motifs is 1. The van der Waals surface area contributed by atoms with Crippen LogP contribution in [0.2, 0.25) is 4.34 Å². The molecule has 33 heavy (non-hydrogen) atoms. The summed E-state index contributed by atoms with van der Waals surface area (Å²) in [6, 6.07) is -1.04. The molecule has 0 aliphatic carbocycles. The molecule has 2 amide bonds. The van der Waals surface area contributed by atoms with Crippen molar-refractivity contribution in [1.29, 1.82) is 0 Å². The minimum atomic E-state index is -1.78. The van der Waals surface area contributed by atoms with Crippen molar-refractivity contribution in [3.63, 3.8) is 0 Å². The van der Waals surface area contributed by atoms with E-state index in [-0.39, 0.29) is 20.9 Å². The van der Waals surface area contributed by atoms with Crippen molar-refractivity contribution in [1.82, 2.24) is 15.2 Å². The Bertz CT molecular complexity index is 1100. The average Bonchev–Trinajstić information content (AvgIpc) is 3.08. The lowest BCUT2D eigenvalue weighted by molar-refractivity contribution is -0.161. The summed E-state index contributed by atoms with van der Waals surface area (Å²) in [7, 11) is 0. The van der Waals surface area contributed by atoms with Gasteiger partial charge in [-0.15, -0.1) is 11.8 Å². The molecule has 3 rings (SSSR count). The van der Waals surface area contributed by atoms with E-state index in [0.29, 0.717) is 17.7 Å². The van der Waals surface area contributed by atoms with Crippen molar-refractivity contribution < 1.29 is 34.2 Å². The zero-order chi connectivity index (χ0) is 24.7. The Hall–Kier alpha value is -2.84. The van der Waals surface area contributed by atoms with Crippen molar-refractivity contribution in [2.24, 2.45) is 5.16 Å². The molecule has 1 unspecified atom stereocenters. The van der Waals surface area contributed by atoms with E-state index in [0.717, 1.165) is 16.2 Å². The zero-order valence-electron chi connectivity index (χ0n) is 17.6. The van der Waals surface area contributed by atoms with Crippen LogP contribution in [0.1, 0.15) is 32.9 Å². The Balaban J connectivity index is 1.87. The van der Waals surface area contributed by atoms with Crippen LogP contribution in [0.5, 0.6) is 0 Å². The van der Waals surface area contributed by atoms with Crippen molar-refractivity contribution in [3.8, 4) is 0 Å². The number of nitrogens with zero attached hydrogens (tertiary/aromatic N) is 3. The number of nitrogen functional groups attached to an aromatic ring is 1. The normalized spacial score (nSPS) is 20.8. The monoisotopic (exact) mass is 517 g/mol. The Morgan fingerprint density at radius 1 is 1.39 bits per heavy atom. The SMILES string of the molecule is CCC1=C(C(=O)O)N2C(=O)[C@@H](NC(=O)/C(=N\OC(C)(C)C(=O)O)c3nc(N)sc3Cl)C2SC1. The number of carboxylic acid groups (broad SMARTS) is 2. The van der Waals surface area contributed by atoms with Crippen LogP contribution in [0.3, 0.4) is 0 Å². The summed E-state index contributed by atoms with van der Waals surface area (Å²) in [4.78, 5) is 58.9. The molecule has 1 aromatic heterocycles. The minimum absolute atomic E-state index is 0.00965. The van der Waals surface area contributed by atoms with Gasteiger partial charge in [-0.2, -0.15) is 0 Å². The topological polar surface area (TPSA) is 185 Å². The molecule has 2 aliphatic rings. The Labute approximate surface area is 200 Å². The van der Waals surface area contributed by atoms with E-state index < -0.39 is 46.5 Å². The number of nitrogens with one attached hydrogen (secondary N) is 1. The molecule has 3 heterocycles. The number of anilines is 1. The summed E-state index contributed by atoms with van der Waals surface area (Å²) in [6.07, 6.45) is 0.472. The first kappa shape index (κ1) is 24.8. The van der Waals surface area contributed by atoms with E-state index in [4.69, 9.17) is 22.2 Å². The van der Waals surface area contributed by atoms with Crippen molar-refractivity contribution in [3.05, 3.63) is 21.3 Å². The van der Waals surface area contributed by atoms with Crippen LogP contribution in [0, 0.1) is 0 Å². The molecule has 1 aromatic rings. The van der Waals surface area contributed by atoms with Gasteiger partial charge in [0.2, 0.25) is 5.60 Å². The van der Waals surface area contributed by atoms with Crippen LogP contribution in [0.4, 0.5) is 5.13 Å². The fraction of sp³-hybridized carbons (Fsp3) is 0.444. The first-order valence-corrected chi connectivity index (χ1v) is 11.8. The number of rotatable bonds is 8. The highest BCUT2D eigenvalue weighted by molar-refractivity contribution is 8.00. The second-order valence-corrected chi connectivity index (χ2v) is 10.2. The van der Waals surface area contributed by atoms with Crippen LogP contribution in [0.15, 0.2) is 16.4 Å². The van der Waals surface area contributed by atoms with Gasteiger partial charge in [-0.05, 0) is 25.8 Å². The predicted octanol–water partition coefficient (Wildman–Crippen LogP) is 1.11. The fourth-order valence-electron chi connectivity index (χ4n) is 3.02. The maximum absolute atomic E-state index is 13.0. The molecular formula is C18H20ClN5O7S2. The number of halogens is 1. The Kier molecular flexibility index (Phi) is 6.91. The summed E-state index contributed by atoms with van der Waals surface area (Å²) in [5.74, 6) is -3.67. The van der Waals surface area contributed by atoms with Crippen LogP contribution in [-0.2, 0) is 24.0 Å². The van der Waals surface area contributed by atoms with E-state index in [1.165, 1.54) is 25.6 Å². The summed E-state index contributed by atoms with van der Waals surface area (Å²) < 4.78 is 0.00965. The molecule has 0 radical (unpaired) electrons.